The van der Waals surface area contributed by atoms with Crippen molar-refractivity contribution in [1.29, 1.82) is 0 Å². The average Bonchev–Trinajstić information content (AvgIpc) is 2.94. The number of nitrogens with one attached hydrogen (secondary N) is 1. The number of rotatable bonds is 4. The molecule has 3 aromatic heterocycles. The number of hydrogen-bond acceptors (Lipinski definition) is 6. The summed E-state index contributed by atoms with van der Waals surface area (Å²) in [5.74, 6) is 1.10. The molecule has 6 nitrogen and oxygen atoms in total. The molecule has 20 heavy (non-hydrogen) atoms. The molecule has 7 heteroatoms. The lowest BCUT2D eigenvalue weighted by Gasteiger charge is -2.06. The minimum absolute atomic E-state index is 0.305. The van der Waals surface area contributed by atoms with Crippen molar-refractivity contribution in [2.45, 2.75) is 13.3 Å². The zero-order valence-corrected chi connectivity index (χ0v) is 12.2. The standard InChI is InChI=1S/C13H16N6S/c1-8-7-10-11(16-13(14)17-12(10)20-8)15-5-3-9-4-6-19(2)18-9/h4,6-7H,3,5H2,1-2H3,(H3,14,15,16,17). The second kappa shape index (κ2) is 5.09. The van der Waals surface area contributed by atoms with Gasteiger partial charge in [0.15, 0.2) is 0 Å². The highest BCUT2D eigenvalue weighted by Crippen LogP contribution is 2.28. The van der Waals surface area contributed by atoms with Crippen LogP contribution < -0.4 is 11.1 Å². The van der Waals surface area contributed by atoms with Gasteiger partial charge in [0.1, 0.15) is 10.6 Å². The smallest absolute Gasteiger partial charge is 0.223 e. The van der Waals surface area contributed by atoms with Crippen molar-refractivity contribution >= 4 is 33.3 Å². The molecule has 0 aliphatic carbocycles. The predicted molar refractivity (Wildman–Crippen MR) is 82.0 cm³/mol. The van der Waals surface area contributed by atoms with Gasteiger partial charge in [-0.15, -0.1) is 11.3 Å². The first-order chi connectivity index (χ1) is 9.61. The van der Waals surface area contributed by atoms with Gasteiger partial charge in [-0.25, -0.2) is 4.98 Å². The molecule has 0 aliphatic heterocycles. The highest BCUT2D eigenvalue weighted by Gasteiger charge is 2.09. The van der Waals surface area contributed by atoms with E-state index in [2.05, 4.69) is 33.4 Å². The minimum Gasteiger partial charge on any atom is -0.369 e. The number of thiophene rings is 1. The molecule has 0 aliphatic rings. The summed E-state index contributed by atoms with van der Waals surface area (Å²) >= 11 is 1.63. The van der Waals surface area contributed by atoms with E-state index in [1.807, 2.05) is 19.3 Å². The summed E-state index contributed by atoms with van der Waals surface area (Å²) in [6.45, 7) is 2.82. The van der Waals surface area contributed by atoms with Gasteiger partial charge in [-0.05, 0) is 19.1 Å². The van der Waals surface area contributed by atoms with E-state index in [1.54, 1.807) is 16.0 Å². The average molecular weight is 288 g/mol. The van der Waals surface area contributed by atoms with Crippen LogP contribution in [-0.4, -0.2) is 26.3 Å². The molecule has 0 amide bonds. The third-order valence-electron chi connectivity index (χ3n) is 2.98. The van der Waals surface area contributed by atoms with E-state index in [0.29, 0.717) is 5.95 Å². The van der Waals surface area contributed by atoms with E-state index < -0.39 is 0 Å². The zero-order valence-electron chi connectivity index (χ0n) is 11.4. The van der Waals surface area contributed by atoms with Crippen LogP contribution in [0.5, 0.6) is 0 Å². The number of anilines is 2. The predicted octanol–water partition coefficient (Wildman–Crippen LogP) is 1.97. The van der Waals surface area contributed by atoms with Crippen LogP contribution in [0.4, 0.5) is 11.8 Å². The molecule has 0 spiro atoms. The molecule has 3 N–H and O–H groups in total. The van der Waals surface area contributed by atoms with Crippen LogP contribution in [0.2, 0.25) is 0 Å². The van der Waals surface area contributed by atoms with E-state index in [1.165, 1.54) is 4.88 Å². The molecule has 3 aromatic rings. The number of aromatic nitrogens is 4. The van der Waals surface area contributed by atoms with E-state index in [4.69, 9.17) is 5.73 Å². The molecule has 0 radical (unpaired) electrons. The van der Waals surface area contributed by atoms with Gasteiger partial charge in [0.2, 0.25) is 5.95 Å². The Morgan fingerprint density at radius 3 is 3.00 bits per heavy atom. The van der Waals surface area contributed by atoms with Gasteiger partial charge in [-0.2, -0.15) is 10.1 Å². The molecule has 3 rings (SSSR count). The molecule has 0 unspecified atom stereocenters. The van der Waals surface area contributed by atoms with Crippen molar-refractivity contribution in [1.82, 2.24) is 19.7 Å². The van der Waals surface area contributed by atoms with E-state index in [-0.39, 0.29) is 0 Å². The van der Waals surface area contributed by atoms with Crippen molar-refractivity contribution in [3.05, 3.63) is 28.9 Å². The fourth-order valence-electron chi connectivity index (χ4n) is 2.10. The lowest BCUT2D eigenvalue weighted by molar-refractivity contribution is 0.742. The summed E-state index contributed by atoms with van der Waals surface area (Å²) < 4.78 is 1.80. The zero-order chi connectivity index (χ0) is 14.1. The topological polar surface area (TPSA) is 81.7 Å². The summed E-state index contributed by atoms with van der Waals surface area (Å²) in [5, 5.41) is 8.70. The van der Waals surface area contributed by atoms with E-state index in [9.17, 15) is 0 Å². The van der Waals surface area contributed by atoms with Gasteiger partial charge >= 0.3 is 0 Å². The van der Waals surface area contributed by atoms with Crippen molar-refractivity contribution < 1.29 is 0 Å². The Kier molecular flexibility index (Phi) is 3.27. The maximum atomic E-state index is 5.75. The SMILES string of the molecule is Cc1cc2c(NCCc3ccn(C)n3)nc(N)nc2s1. The fraction of sp³-hybridized carbons (Fsp3) is 0.308. The Morgan fingerprint density at radius 1 is 1.40 bits per heavy atom. The third-order valence-corrected chi connectivity index (χ3v) is 3.92. The monoisotopic (exact) mass is 288 g/mol. The van der Waals surface area contributed by atoms with Crippen LogP contribution in [0.1, 0.15) is 10.6 Å². The fourth-order valence-corrected chi connectivity index (χ4v) is 2.99. The summed E-state index contributed by atoms with van der Waals surface area (Å²) in [5.41, 5.74) is 6.80. The van der Waals surface area contributed by atoms with Crippen LogP contribution in [-0.2, 0) is 13.5 Å². The van der Waals surface area contributed by atoms with Crippen molar-refractivity contribution in [2.24, 2.45) is 7.05 Å². The lowest BCUT2D eigenvalue weighted by Crippen LogP contribution is -2.08. The largest absolute Gasteiger partial charge is 0.369 e. The number of hydrogen-bond donors (Lipinski definition) is 2. The Morgan fingerprint density at radius 2 is 2.25 bits per heavy atom. The van der Waals surface area contributed by atoms with Crippen molar-refractivity contribution in [2.75, 3.05) is 17.6 Å². The molecular weight excluding hydrogens is 272 g/mol. The molecule has 0 bridgehead atoms. The van der Waals surface area contributed by atoms with Crippen LogP contribution in [0, 0.1) is 6.92 Å². The van der Waals surface area contributed by atoms with Crippen LogP contribution >= 0.6 is 11.3 Å². The van der Waals surface area contributed by atoms with Gasteiger partial charge in [-0.1, -0.05) is 0 Å². The highest BCUT2D eigenvalue weighted by molar-refractivity contribution is 7.18. The first-order valence-corrected chi connectivity index (χ1v) is 7.19. The summed E-state index contributed by atoms with van der Waals surface area (Å²) in [7, 11) is 1.92. The Labute approximate surface area is 120 Å². The second-order valence-electron chi connectivity index (χ2n) is 4.66. The van der Waals surface area contributed by atoms with E-state index >= 15 is 0 Å². The Bertz CT molecular complexity index is 744. The number of aryl methyl sites for hydroxylation is 2. The van der Waals surface area contributed by atoms with Gasteiger partial charge in [0.25, 0.3) is 0 Å². The quantitative estimate of drug-likeness (QED) is 0.767. The van der Waals surface area contributed by atoms with Crippen LogP contribution in [0.25, 0.3) is 10.2 Å². The molecule has 0 atom stereocenters. The maximum absolute atomic E-state index is 5.75. The van der Waals surface area contributed by atoms with Gasteiger partial charge < -0.3 is 11.1 Å². The normalized spacial score (nSPS) is 11.1. The molecule has 0 saturated heterocycles. The third kappa shape index (κ3) is 2.57. The lowest BCUT2D eigenvalue weighted by atomic mass is 10.3. The molecule has 3 heterocycles. The number of nitrogens with zero attached hydrogens (tertiary/aromatic N) is 4. The number of fused-ring (bicyclic) bond motifs is 1. The molecular formula is C13H16N6S. The van der Waals surface area contributed by atoms with Crippen molar-refractivity contribution in [3.8, 4) is 0 Å². The summed E-state index contributed by atoms with van der Waals surface area (Å²) in [6.07, 6.45) is 2.79. The highest BCUT2D eigenvalue weighted by atomic mass is 32.1. The van der Waals surface area contributed by atoms with Gasteiger partial charge in [-0.3, -0.25) is 4.68 Å². The molecule has 104 valence electrons. The van der Waals surface area contributed by atoms with Crippen molar-refractivity contribution in [3.63, 3.8) is 0 Å². The second-order valence-corrected chi connectivity index (χ2v) is 5.90. The number of nitrogen functional groups attached to an aromatic ring is 1. The summed E-state index contributed by atoms with van der Waals surface area (Å²) in [4.78, 5) is 10.7. The molecule has 0 saturated carbocycles. The maximum Gasteiger partial charge on any atom is 0.223 e. The molecule has 0 aromatic carbocycles. The Balaban J connectivity index is 1.76. The van der Waals surface area contributed by atoms with Crippen LogP contribution in [0.3, 0.4) is 0 Å². The van der Waals surface area contributed by atoms with Gasteiger partial charge in [0, 0.05) is 31.1 Å². The van der Waals surface area contributed by atoms with E-state index in [0.717, 1.165) is 34.7 Å². The van der Waals surface area contributed by atoms with Crippen LogP contribution in [0.15, 0.2) is 18.3 Å². The minimum atomic E-state index is 0.305. The number of nitrogens with two attached hydrogens (primary N) is 1. The van der Waals surface area contributed by atoms with Gasteiger partial charge in [0.05, 0.1) is 11.1 Å². The summed E-state index contributed by atoms with van der Waals surface area (Å²) in [6, 6.07) is 4.10. The first-order valence-electron chi connectivity index (χ1n) is 6.38. The first kappa shape index (κ1) is 12.9. The Hall–Kier alpha value is -2.15. The molecule has 0 fully saturated rings.